The second-order valence-electron chi connectivity index (χ2n) is 7.65. The van der Waals surface area contributed by atoms with Gasteiger partial charge in [0.1, 0.15) is 0 Å². The Kier molecular flexibility index (Phi) is 5.24. The number of rotatable bonds is 3. The number of piperidine rings is 1. The number of amides is 2. The number of aliphatic hydroxyl groups excluding tert-OH is 1. The van der Waals surface area contributed by atoms with Gasteiger partial charge in [-0.15, -0.1) is 11.3 Å². The molecule has 0 saturated carbocycles. The summed E-state index contributed by atoms with van der Waals surface area (Å²) in [5.41, 5.74) is 0.770. The molecule has 0 aliphatic carbocycles. The van der Waals surface area contributed by atoms with Crippen LogP contribution in [-0.4, -0.2) is 79.2 Å². The van der Waals surface area contributed by atoms with Crippen LogP contribution in [0.4, 0.5) is 0 Å². The van der Waals surface area contributed by atoms with Crippen LogP contribution >= 0.6 is 11.3 Å². The summed E-state index contributed by atoms with van der Waals surface area (Å²) in [4.78, 5) is 30.6. The van der Waals surface area contributed by atoms with E-state index in [0.717, 1.165) is 29.7 Å². The number of likely N-dealkylation sites (tertiary alicyclic amines) is 2. The first-order chi connectivity index (χ1) is 13.0. The summed E-state index contributed by atoms with van der Waals surface area (Å²) in [6.45, 7) is 3.42. The van der Waals surface area contributed by atoms with Crippen molar-refractivity contribution >= 4 is 23.2 Å². The van der Waals surface area contributed by atoms with Gasteiger partial charge < -0.3 is 25.0 Å². The van der Waals surface area contributed by atoms with Crippen molar-refractivity contribution in [1.29, 1.82) is 0 Å². The van der Waals surface area contributed by atoms with Crippen molar-refractivity contribution in [3.63, 3.8) is 0 Å². The summed E-state index contributed by atoms with van der Waals surface area (Å²) in [7, 11) is 1.78. The van der Waals surface area contributed by atoms with Crippen molar-refractivity contribution in [3.8, 4) is 0 Å². The van der Waals surface area contributed by atoms with E-state index in [9.17, 15) is 14.7 Å². The maximum atomic E-state index is 12.8. The average Bonchev–Trinajstić information content (AvgIpc) is 3.29. The van der Waals surface area contributed by atoms with Gasteiger partial charge in [-0.2, -0.15) is 0 Å². The van der Waals surface area contributed by atoms with Crippen LogP contribution in [-0.2, 0) is 21.6 Å². The predicted molar refractivity (Wildman–Crippen MR) is 102 cm³/mol. The minimum atomic E-state index is -0.405. The molecule has 1 aromatic rings. The third-order valence-electron chi connectivity index (χ3n) is 5.92. The molecule has 27 heavy (non-hydrogen) atoms. The maximum Gasteiger partial charge on any atom is 0.264 e. The molecule has 3 aliphatic rings. The van der Waals surface area contributed by atoms with Gasteiger partial charge in [-0.1, -0.05) is 0 Å². The van der Waals surface area contributed by atoms with Crippen LogP contribution < -0.4 is 5.32 Å². The van der Waals surface area contributed by atoms with Gasteiger partial charge in [0.25, 0.3) is 5.91 Å². The number of aliphatic hydroxyl groups is 1. The Morgan fingerprint density at radius 2 is 2.11 bits per heavy atom. The van der Waals surface area contributed by atoms with E-state index in [-0.39, 0.29) is 17.4 Å². The van der Waals surface area contributed by atoms with E-state index >= 15 is 0 Å². The van der Waals surface area contributed by atoms with Crippen molar-refractivity contribution < 1.29 is 19.4 Å². The number of fused-ring (bicyclic) bond motifs is 2. The van der Waals surface area contributed by atoms with Crippen molar-refractivity contribution in [2.45, 2.75) is 37.4 Å². The SMILES string of the molecule is CNCC(=O)N1CCC2(CC1)OCCc1sc(C(=O)N3CC[C@@H](O)C3)cc12. The van der Waals surface area contributed by atoms with Gasteiger partial charge in [0.2, 0.25) is 5.91 Å². The lowest BCUT2D eigenvalue weighted by molar-refractivity contribution is -0.139. The van der Waals surface area contributed by atoms with E-state index in [4.69, 9.17) is 4.74 Å². The van der Waals surface area contributed by atoms with Crippen LogP contribution in [0.1, 0.15) is 39.4 Å². The Morgan fingerprint density at radius 1 is 1.33 bits per heavy atom. The molecule has 2 N–H and O–H groups in total. The number of carbonyl (C=O) groups is 2. The highest BCUT2D eigenvalue weighted by Gasteiger charge is 2.43. The molecule has 0 radical (unpaired) electrons. The van der Waals surface area contributed by atoms with Crippen molar-refractivity contribution in [1.82, 2.24) is 15.1 Å². The number of nitrogens with zero attached hydrogens (tertiary/aromatic N) is 2. The van der Waals surface area contributed by atoms with Crippen LogP contribution in [0.2, 0.25) is 0 Å². The second-order valence-corrected chi connectivity index (χ2v) is 8.78. The summed E-state index contributed by atoms with van der Waals surface area (Å²) in [5, 5.41) is 12.6. The zero-order chi connectivity index (χ0) is 19.0. The lowest BCUT2D eigenvalue weighted by atomic mass is 9.82. The molecular weight excluding hydrogens is 366 g/mol. The lowest BCUT2D eigenvalue weighted by Crippen LogP contribution is -2.49. The van der Waals surface area contributed by atoms with E-state index in [0.29, 0.717) is 45.8 Å². The van der Waals surface area contributed by atoms with E-state index in [1.54, 1.807) is 23.3 Å². The quantitative estimate of drug-likeness (QED) is 0.785. The highest BCUT2D eigenvalue weighted by atomic mass is 32.1. The van der Waals surface area contributed by atoms with Crippen molar-refractivity contribution in [2.75, 3.05) is 46.4 Å². The summed E-state index contributed by atoms with van der Waals surface area (Å²) in [6, 6.07) is 2.01. The molecule has 2 fully saturated rings. The molecule has 2 saturated heterocycles. The highest BCUT2D eigenvalue weighted by Crippen LogP contribution is 2.44. The molecule has 3 aliphatic heterocycles. The Morgan fingerprint density at radius 3 is 2.78 bits per heavy atom. The number of carbonyl (C=O) groups excluding carboxylic acids is 2. The first-order valence-electron chi connectivity index (χ1n) is 9.69. The number of hydrogen-bond donors (Lipinski definition) is 2. The molecule has 1 spiro atoms. The van der Waals surface area contributed by atoms with Gasteiger partial charge in [0, 0.05) is 37.5 Å². The topological polar surface area (TPSA) is 82.1 Å². The Bertz CT molecular complexity index is 727. The van der Waals surface area contributed by atoms with Crippen LogP contribution in [0.3, 0.4) is 0 Å². The monoisotopic (exact) mass is 393 g/mol. The van der Waals surface area contributed by atoms with Gasteiger partial charge in [-0.05, 0) is 37.9 Å². The molecule has 2 amide bonds. The normalized spacial score (nSPS) is 24.3. The molecule has 4 rings (SSSR count). The van der Waals surface area contributed by atoms with Gasteiger partial charge in [-0.25, -0.2) is 0 Å². The largest absolute Gasteiger partial charge is 0.391 e. The molecule has 0 unspecified atom stereocenters. The first-order valence-corrected chi connectivity index (χ1v) is 10.5. The third kappa shape index (κ3) is 3.51. The van der Waals surface area contributed by atoms with E-state index in [2.05, 4.69) is 5.32 Å². The molecule has 0 bridgehead atoms. The predicted octanol–water partition coefficient (Wildman–Crippen LogP) is 0.565. The molecule has 1 atom stereocenters. The molecular formula is C19H27N3O4S. The number of hydrogen-bond acceptors (Lipinski definition) is 6. The highest BCUT2D eigenvalue weighted by molar-refractivity contribution is 7.14. The zero-order valence-corrected chi connectivity index (χ0v) is 16.5. The Labute approximate surface area is 163 Å². The fourth-order valence-electron chi connectivity index (χ4n) is 4.40. The molecule has 7 nitrogen and oxygen atoms in total. The third-order valence-corrected chi connectivity index (χ3v) is 7.10. The van der Waals surface area contributed by atoms with E-state index < -0.39 is 6.10 Å². The summed E-state index contributed by atoms with van der Waals surface area (Å²) < 4.78 is 6.24. The Balaban J connectivity index is 1.51. The van der Waals surface area contributed by atoms with Gasteiger partial charge in [0.15, 0.2) is 0 Å². The number of β-amino-alcohol motifs (C(OH)–C–C–N with tert-alkyl or cyclic N) is 1. The van der Waals surface area contributed by atoms with Gasteiger partial charge in [-0.3, -0.25) is 9.59 Å². The van der Waals surface area contributed by atoms with Crippen LogP contribution in [0, 0.1) is 0 Å². The molecule has 8 heteroatoms. The van der Waals surface area contributed by atoms with Gasteiger partial charge >= 0.3 is 0 Å². The van der Waals surface area contributed by atoms with Gasteiger partial charge in [0.05, 0.1) is 29.7 Å². The fraction of sp³-hybridized carbons (Fsp3) is 0.684. The molecule has 4 heterocycles. The zero-order valence-electron chi connectivity index (χ0n) is 15.7. The second kappa shape index (κ2) is 7.50. The number of ether oxygens (including phenoxy) is 1. The average molecular weight is 394 g/mol. The lowest BCUT2D eigenvalue weighted by Gasteiger charge is -2.44. The smallest absolute Gasteiger partial charge is 0.264 e. The van der Waals surface area contributed by atoms with E-state index in [1.165, 1.54) is 4.88 Å². The van der Waals surface area contributed by atoms with Crippen LogP contribution in [0.15, 0.2) is 6.07 Å². The van der Waals surface area contributed by atoms with Crippen molar-refractivity contribution in [2.24, 2.45) is 0 Å². The summed E-state index contributed by atoms with van der Waals surface area (Å²) >= 11 is 1.57. The number of nitrogens with one attached hydrogen (secondary N) is 1. The molecule has 148 valence electrons. The maximum absolute atomic E-state index is 12.8. The molecule has 0 aromatic carbocycles. The minimum absolute atomic E-state index is 0.0164. The van der Waals surface area contributed by atoms with Crippen LogP contribution in [0.25, 0.3) is 0 Å². The standard InChI is InChI=1S/C19H27N3O4S/c1-20-11-17(24)21-7-4-19(5-8-21)14-10-16(27-15(14)3-9-26-19)18(25)22-6-2-13(23)12-22/h10,13,20,23H,2-9,11-12H2,1H3/t13-/m1/s1. The summed E-state index contributed by atoms with van der Waals surface area (Å²) in [5.74, 6) is 0.139. The molecule has 1 aromatic heterocycles. The minimum Gasteiger partial charge on any atom is -0.391 e. The fourth-order valence-corrected chi connectivity index (χ4v) is 5.60. The number of thiophene rings is 1. The van der Waals surface area contributed by atoms with Crippen LogP contribution in [0.5, 0.6) is 0 Å². The number of likely N-dealkylation sites (N-methyl/N-ethyl adjacent to an activating group) is 1. The first kappa shape index (κ1) is 18.9. The van der Waals surface area contributed by atoms with Crippen molar-refractivity contribution in [3.05, 3.63) is 21.4 Å². The Hall–Kier alpha value is -1.48. The summed E-state index contributed by atoms with van der Waals surface area (Å²) in [6.07, 6.45) is 2.61. The van der Waals surface area contributed by atoms with E-state index in [1.807, 2.05) is 11.0 Å².